The Morgan fingerprint density at radius 2 is 1.91 bits per heavy atom. The van der Waals surface area contributed by atoms with Crippen LogP contribution >= 0.6 is 11.6 Å². The number of ether oxygens (including phenoxy) is 1. The van der Waals surface area contributed by atoms with E-state index in [0.29, 0.717) is 30.3 Å². The number of piperidine rings is 1. The second kappa shape index (κ2) is 6.45. The molecule has 0 amide bonds. The van der Waals surface area contributed by atoms with Crippen molar-refractivity contribution in [3.63, 3.8) is 0 Å². The number of benzene rings is 1. The summed E-state index contributed by atoms with van der Waals surface area (Å²) in [6, 6.07) is 6.78. The Labute approximate surface area is 136 Å². The van der Waals surface area contributed by atoms with Crippen LogP contribution in [-0.4, -0.2) is 63.1 Å². The summed E-state index contributed by atoms with van der Waals surface area (Å²) in [5.74, 6) is 0. The number of hydrogen-bond acceptors (Lipinski definition) is 4. The molecule has 0 aromatic heterocycles. The lowest BCUT2D eigenvalue weighted by molar-refractivity contribution is 0.00364. The van der Waals surface area contributed by atoms with E-state index in [1.807, 2.05) is 0 Å². The SMILES string of the molecule is COC1CCN(C2CN(S(=O)(=O)c3cccc(Cl)c3)C2)CC1. The average Bonchev–Trinajstić information content (AvgIpc) is 2.46. The highest BCUT2D eigenvalue weighted by molar-refractivity contribution is 7.89. The van der Waals surface area contributed by atoms with Gasteiger partial charge in [-0.25, -0.2) is 8.42 Å². The quantitative estimate of drug-likeness (QED) is 0.836. The number of hydrogen-bond donors (Lipinski definition) is 0. The van der Waals surface area contributed by atoms with Crippen LogP contribution in [0.5, 0.6) is 0 Å². The van der Waals surface area contributed by atoms with Gasteiger partial charge in [0.2, 0.25) is 10.0 Å². The van der Waals surface area contributed by atoms with E-state index in [1.54, 1.807) is 25.3 Å². The van der Waals surface area contributed by atoms with Crippen LogP contribution in [0.1, 0.15) is 12.8 Å². The van der Waals surface area contributed by atoms with Crippen molar-refractivity contribution < 1.29 is 13.2 Å². The Morgan fingerprint density at radius 1 is 1.23 bits per heavy atom. The Kier molecular flexibility index (Phi) is 4.75. The van der Waals surface area contributed by atoms with Crippen LogP contribution in [0.25, 0.3) is 0 Å². The summed E-state index contributed by atoms with van der Waals surface area (Å²) in [4.78, 5) is 2.65. The molecule has 0 N–H and O–H groups in total. The van der Waals surface area contributed by atoms with Crippen molar-refractivity contribution >= 4 is 21.6 Å². The Balaban J connectivity index is 1.59. The smallest absolute Gasteiger partial charge is 0.243 e. The summed E-state index contributed by atoms with van der Waals surface area (Å²) in [5.41, 5.74) is 0. The van der Waals surface area contributed by atoms with E-state index in [-0.39, 0.29) is 4.90 Å². The minimum Gasteiger partial charge on any atom is -0.381 e. The first-order chi connectivity index (χ1) is 10.5. The molecule has 2 saturated heterocycles. The van der Waals surface area contributed by atoms with Gasteiger partial charge >= 0.3 is 0 Å². The highest BCUT2D eigenvalue weighted by Crippen LogP contribution is 2.27. The van der Waals surface area contributed by atoms with Crippen molar-refractivity contribution in [2.45, 2.75) is 29.9 Å². The molecular formula is C15H21ClN2O3S. The number of rotatable bonds is 4. The third kappa shape index (κ3) is 3.16. The van der Waals surface area contributed by atoms with Gasteiger partial charge in [0.1, 0.15) is 0 Å². The molecule has 122 valence electrons. The average molecular weight is 345 g/mol. The first-order valence-electron chi connectivity index (χ1n) is 7.53. The van der Waals surface area contributed by atoms with Gasteiger partial charge in [0, 0.05) is 44.4 Å². The molecular weight excluding hydrogens is 324 g/mol. The van der Waals surface area contributed by atoms with Crippen LogP contribution in [-0.2, 0) is 14.8 Å². The molecule has 0 radical (unpaired) electrons. The lowest BCUT2D eigenvalue weighted by atomic mass is 10.0. The van der Waals surface area contributed by atoms with Crippen LogP contribution in [0, 0.1) is 0 Å². The number of sulfonamides is 1. The molecule has 22 heavy (non-hydrogen) atoms. The van der Waals surface area contributed by atoms with Gasteiger partial charge in [-0.1, -0.05) is 17.7 Å². The molecule has 0 aliphatic carbocycles. The van der Waals surface area contributed by atoms with Crippen LogP contribution < -0.4 is 0 Å². The van der Waals surface area contributed by atoms with Crippen LogP contribution in [0.2, 0.25) is 5.02 Å². The van der Waals surface area contributed by atoms with Gasteiger partial charge in [-0.3, -0.25) is 4.90 Å². The topological polar surface area (TPSA) is 49.9 Å². The lowest BCUT2D eigenvalue weighted by Gasteiger charge is -2.46. The number of halogens is 1. The standard InChI is InChI=1S/C15H21ClN2O3S/c1-21-14-5-7-17(8-6-14)13-10-18(11-13)22(19,20)15-4-2-3-12(16)9-15/h2-4,9,13-14H,5-8,10-11H2,1H3. The summed E-state index contributed by atoms with van der Waals surface area (Å²) in [6.07, 6.45) is 2.39. The molecule has 0 spiro atoms. The predicted molar refractivity (Wildman–Crippen MR) is 85.6 cm³/mol. The minimum absolute atomic E-state index is 0.275. The molecule has 0 bridgehead atoms. The third-order valence-corrected chi connectivity index (χ3v) is 6.65. The zero-order valence-corrected chi connectivity index (χ0v) is 14.2. The van der Waals surface area contributed by atoms with Gasteiger partial charge in [0.25, 0.3) is 0 Å². The Morgan fingerprint density at radius 3 is 2.50 bits per heavy atom. The van der Waals surface area contributed by atoms with Gasteiger partial charge in [0.05, 0.1) is 11.0 Å². The summed E-state index contributed by atoms with van der Waals surface area (Å²) < 4.78 is 31.9. The maximum absolute atomic E-state index is 12.5. The van der Waals surface area contributed by atoms with E-state index in [9.17, 15) is 8.42 Å². The second-order valence-electron chi connectivity index (χ2n) is 5.90. The first kappa shape index (κ1) is 16.2. The monoisotopic (exact) mass is 344 g/mol. The van der Waals surface area contributed by atoms with Gasteiger partial charge in [0.15, 0.2) is 0 Å². The van der Waals surface area contributed by atoms with E-state index in [1.165, 1.54) is 10.4 Å². The largest absolute Gasteiger partial charge is 0.381 e. The lowest BCUT2D eigenvalue weighted by Crippen LogP contribution is -2.62. The highest BCUT2D eigenvalue weighted by Gasteiger charge is 2.40. The fourth-order valence-electron chi connectivity index (χ4n) is 3.10. The normalized spacial score (nSPS) is 22.6. The van der Waals surface area contributed by atoms with Crippen molar-refractivity contribution in [3.8, 4) is 0 Å². The molecule has 7 heteroatoms. The molecule has 1 aromatic rings. The number of nitrogens with zero attached hydrogens (tertiary/aromatic N) is 2. The van der Waals surface area contributed by atoms with Crippen molar-refractivity contribution in [2.75, 3.05) is 33.3 Å². The number of likely N-dealkylation sites (tertiary alicyclic amines) is 1. The van der Waals surface area contributed by atoms with E-state index in [0.717, 1.165) is 25.9 Å². The minimum atomic E-state index is -3.41. The molecule has 1 aromatic carbocycles. The van der Waals surface area contributed by atoms with Crippen LogP contribution in [0.4, 0.5) is 0 Å². The van der Waals surface area contributed by atoms with E-state index < -0.39 is 10.0 Å². The second-order valence-corrected chi connectivity index (χ2v) is 8.28. The van der Waals surface area contributed by atoms with E-state index in [2.05, 4.69) is 4.90 Å². The van der Waals surface area contributed by atoms with Gasteiger partial charge in [-0.2, -0.15) is 4.31 Å². The number of methoxy groups -OCH3 is 1. The molecule has 2 heterocycles. The van der Waals surface area contributed by atoms with Gasteiger partial charge in [-0.15, -0.1) is 0 Å². The Hall–Kier alpha value is -0.660. The maximum atomic E-state index is 12.5. The van der Waals surface area contributed by atoms with Crippen molar-refractivity contribution in [1.29, 1.82) is 0 Å². The van der Waals surface area contributed by atoms with E-state index in [4.69, 9.17) is 16.3 Å². The summed E-state index contributed by atoms with van der Waals surface area (Å²) >= 11 is 5.89. The van der Waals surface area contributed by atoms with Crippen molar-refractivity contribution in [3.05, 3.63) is 29.3 Å². The Bertz CT molecular complexity index is 623. The fraction of sp³-hybridized carbons (Fsp3) is 0.600. The fourth-order valence-corrected chi connectivity index (χ4v) is 4.91. The molecule has 2 aliphatic rings. The third-order valence-electron chi connectivity index (χ3n) is 4.59. The predicted octanol–water partition coefficient (Wildman–Crippen LogP) is 1.82. The van der Waals surface area contributed by atoms with Gasteiger partial charge < -0.3 is 4.74 Å². The zero-order chi connectivity index (χ0) is 15.7. The molecule has 0 atom stereocenters. The van der Waals surface area contributed by atoms with Crippen molar-refractivity contribution in [1.82, 2.24) is 9.21 Å². The zero-order valence-electron chi connectivity index (χ0n) is 12.6. The summed E-state index contributed by atoms with van der Waals surface area (Å²) in [5, 5.41) is 0.444. The highest BCUT2D eigenvalue weighted by atomic mass is 35.5. The molecule has 0 unspecified atom stereocenters. The maximum Gasteiger partial charge on any atom is 0.243 e. The van der Waals surface area contributed by atoms with Crippen molar-refractivity contribution in [2.24, 2.45) is 0 Å². The van der Waals surface area contributed by atoms with Gasteiger partial charge in [-0.05, 0) is 31.0 Å². The molecule has 0 saturated carbocycles. The molecule has 5 nitrogen and oxygen atoms in total. The molecule has 3 rings (SSSR count). The van der Waals surface area contributed by atoms with Crippen LogP contribution in [0.3, 0.4) is 0 Å². The first-order valence-corrected chi connectivity index (χ1v) is 9.35. The molecule has 2 fully saturated rings. The summed E-state index contributed by atoms with van der Waals surface area (Å²) in [6.45, 7) is 3.08. The van der Waals surface area contributed by atoms with Crippen LogP contribution in [0.15, 0.2) is 29.2 Å². The summed E-state index contributed by atoms with van der Waals surface area (Å²) in [7, 11) is -1.66. The molecule has 2 aliphatic heterocycles. The van der Waals surface area contributed by atoms with E-state index >= 15 is 0 Å².